The van der Waals surface area contributed by atoms with Crippen molar-refractivity contribution in [2.75, 3.05) is 33.0 Å². The second-order valence-corrected chi connectivity index (χ2v) is 17.4. The molecule has 0 aromatic heterocycles. The standard InChI is InChI=1S/C53H92NO7P/c1-3-5-7-9-11-13-15-17-19-21-23-25-26-27-28-30-32-34-36-38-40-42-44-46-53(55)61-52(51-60-62(56,57)59-49-47-54)50-58-48-45-43-41-39-37-35-33-31-29-24-22-20-18-16-14-12-10-8-6-4-2/h6,8,12,14-15,17-18,20-21,23-24,26-27,29,33,35,52H,3-5,7,9-11,13,16,19,22,25,28,30-32,34,36-51,54H2,1-2H3,(H,56,57)/b8-6-,14-12-,17-15-,20-18-,23-21-,27-26-,29-24-,35-33-. The molecule has 0 bridgehead atoms. The molecule has 0 heterocycles. The van der Waals surface area contributed by atoms with Gasteiger partial charge in [0.2, 0.25) is 0 Å². The summed E-state index contributed by atoms with van der Waals surface area (Å²) in [4.78, 5) is 22.6. The Morgan fingerprint density at radius 3 is 1.35 bits per heavy atom. The van der Waals surface area contributed by atoms with Gasteiger partial charge in [-0.15, -0.1) is 0 Å². The number of rotatable bonds is 46. The average molecular weight is 886 g/mol. The summed E-state index contributed by atoms with van der Waals surface area (Å²) in [7, 11) is -4.30. The number of nitrogens with two attached hydrogens (primary N) is 1. The molecule has 0 spiro atoms. The Morgan fingerprint density at radius 2 is 0.903 bits per heavy atom. The van der Waals surface area contributed by atoms with Crippen molar-refractivity contribution in [2.45, 2.75) is 200 Å². The van der Waals surface area contributed by atoms with Gasteiger partial charge >= 0.3 is 13.8 Å². The Hall–Kier alpha value is -2.58. The molecule has 0 saturated heterocycles. The first-order valence-electron chi connectivity index (χ1n) is 24.7. The minimum Gasteiger partial charge on any atom is -0.457 e. The first-order valence-corrected chi connectivity index (χ1v) is 26.2. The molecule has 2 atom stereocenters. The maximum absolute atomic E-state index is 12.7. The molecule has 0 aromatic rings. The van der Waals surface area contributed by atoms with Crippen LogP contribution >= 0.6 is 7.82 Å². The van der Waals surface area contributed by atoms with Crippen molar-refractivity contribution in [1.29, 1.82) is 0 Å². The fraction of sp³-hybridized carbons (Fsp3) is 0.679. The molecule has 0 rings (SSSR count). The van der Waals surface area contributed by atoms with Crippen LogP contribution in [0.3, 0.4) is 0 Å². The maximum atomic E-state index is 12.7. The summed E-state index contributed by atoms with van der Waals surface area (Å²) in [5.41, 5.74) is 5.38. The van der Waals surface area contributed by atoms with Crippen LogP contribution in [0.1, 0.15) is 194 Å². The first-order chi connectivity index (χ1) is 30.4. The molecule has 0 aliphatic rings. The highest BCUT2D eigenvalue weighted by Crippen LogP contribution is 2.43. The lowest BCUT2D eigenvalue weighted by Gasteiger charge is -2.20. The Balaban J connectivity index is 4.07. The Labute approximate surface area is 380 Å². The number of phosphoric acid groups is 1. The molecule has 62 heavy (non-hydrogen) atoms. The predicted molar refractivity (Wildman–Crippen MR) is 265 cm³/mol. The minimum absolute atomic E-state index is 0.0889. The lowest BCUT2D eigenvalue weighted by atomic mass is 10.1. The van der Waals surface area contributed by atoms with Gasteiger partial charge in [-0.1, -0.05) is 188 Å². The van der Waals surface area contributed by atoms with Gasteiger partial charge in [0.15, 0.2) is 0 Å². The summed E-state index contributed by atoms with van der Waals surface area (Å²) in [5, 5.41) is 0. The van der Waals surface area contributed by atoms with Gasteiger partial charge in [-0.05, 0) is 96.3 Å². The smallest absolute Gasteiger partial charge is 0.457 e. The van der Waals surface area contributed by atoms with E-state index in [2.05, 4.69) is 111 Å². The number of hydrogen-bond donors (Lipinski definition) is 2. The molecule has 356 valence electrons. The minimum atomic E-state index is -4.30. The lowest BCUT2D eigenvalue weighted by molar-refractivity contribution is -0.154. The SMILES string of the molecule is CC/C=C\C/C=C\C/C=C\C/C=C\C/C=C\CCCCCCOCC(COP(=O)(O)OCCN)OC(=O)CCCCCCCCCC/C=C\C/C=C\C/C=C\CCCCCCC. The van der Waals surface area contributed by atoms with Gasteiger partial charge in [0.1, 0.15) is 6.10 Å². The van der Waals surface area contributed by atoms with Crippen LogP contribution in [0.4, 0.5) is 0 Å². The third-order valence-electron chi connectivity index (χ3n) is 9.99. The van der Waals surface area contributed by atoms with Gasteiger partial charge in [-0.25, -0.2) is 4.57 Å². The van der Waals surface area contributed by atoms with Crippen LogP contribution in [-0.2, 0) is 27.9 Å². The van der Waals surface area contributed by atoms with Crippen molar-refractivity contribution >= 4 is 13.8 Å². The highest BCUT2D eigenvalue weighted by molar-refractivity contribution is 7.47. The van der Waals surface area contributed by atoms with E-state index in [4.69, 9.17) is 24.3 Å². The third kappa shape index (κ3) is 48.5. The number of phosphoric ester groups is 1. The van der Waals surface area contributed by atoms with E-state index in [1.807, 2.05) is 0 Å². The second kappa shape index (κ2) is 49.4. The molecule has 0 saturated carbocycles. The zero-order valence-corrected chi connectivity index (χ0v) is 40.5. The summed E-state index contributed by atoms with van der Waals surface area (Å²) in [5.74, 6) is -0.350. The molecule has 0 fully saturated rings. The van der Waals surface area contributed by atoms with E-state index in [9.17, 15) is 14.3 Å². The molecule has 3 N–H and O–H groups in total. The fourth-order valence-corrected chi connectivity index (χ4v) is 7.15. The largest absolute Gasteiger partial charge is 0.472 e. The molecule has 9 heteroatoms. The Kier molecular flexibility index (Phi) is 47.4. The predicted octanol–water partition coefficient (Wildman–Crippen LogP) is 15.4. The molecule has 0 radical (unpaired) electrons. The molecule has 0 aromatic carbocycles. The quantitative estimate of drug-likeness (QED) is 0.0269. The third-order valence-corrected chi connectivity index (χ3v) is 11.0. The average Bonchev–Trinajstić information content (AvgIpc) is 3.26. The highest BCUT2D eigenvalue weighted by Gasteiger charge is 2.25. The number of carbonyl (C=O) groups excluding carboxylic acids is 1. The van der Waals surface area contributed by atoms with Gasteiger partial charge in [-0.3, -0.25) is 13.8 Å². The number of hydrogen-bond acceptors (Lipinski definition) is 7. The van der Waals surface area contributed by atoms with E-state index in [1.165, 1.54) is 70.6 Å². The van der Waals surface area contributed by atoms with E-state index < -0.39 is 13.9 Å². The summed E-state index contributed by atoms with van der Waals surface area (Å²) >= 11 is 0. The van der Waals surface area contributed by atoms with Crippen molar-refractivity contribution in [2.24, 2.45) is 5.73 Å². The van der Waals surface area contributed by atoms with Gasteiger partial charge in [0.25, 0.3) is 0 Å². The fourth-order valence-electron chi connectivity index (χ4n) is 6.38. The summed E-state index contributed by atoms with van der Waals surface area (Å²) in [6.07, 6.45) is 65.8. The van der Waals surface area contributed by atoms with Crippen molar-refractivity contribution in [3.05, 3.63) is 97.2 Å². The molecular formula is C53H92NO7P. The van der Waals surface area contributed by atoms with E-state index >= 15 is 0 Å². The number of allylic oxidation sites excluding steroid dienone is 16. The number of unbranched alkanes of at least 4 members (excludes halogenated alkanes) is 17. The summed E-state index contributed by atoms with van der Waals surface area (Å²) in [6.45, 7) is 4.71. The van der Waals surface area contributed by atoms with Gasteiger partial charge in [-0.2, -0.15) is 0 Å². The highest BCUT2D eigenvalue weighted by atomic mass is 31.2. The normalized spacial score (nSPS) is 14.2. The molecule has 0 amide bonds. The van der Waals surface area contributed by atoms with E-state index in [-0.39, 0.29) is 32.3 Å². The van der Waals surface area contributed by atoms with Crippen LogP contribution in [0.5, 0.6) is 0 Å². The van der Waals surface area contributed by atoms with Crippen LogP contribution in [0, 0.1) is 0 Å². The Morgan fingerprint density at radius 1 is 0.500 bits per heavy atom. The van der Waals surface area contributed by atoms with E-state index in [0.29, 0.717) is 13.0 Å². The number of esters is 1. The van der Waals surface area contributed by atoms with Crippen molar-refractivity contribution in [3.63, 3.8) is 0 Å². The summed E-state index contributed by atoms with van der Waals surface area (Å²) < 4.78 is 33.5. The first kappa shape index (κ1) is 59.4. The zero-order chi connectivity index (χ0) is 45.1. The zero-order valence-electron chi connectivity index (χ0n) is 39.6. The maximum Gasteiger partial charge on any atom is 0.472 e. The lowest BCUT2D eigenvalue weighted by Crippen LogP contribution is -2.28. The van der Waals surface area contributed by atoms with Crippen LogP contribution in [0.25, 0.3) is 0 Å². The number of carbonyl (C=O) groups is 1. The van der Waals surface area contributed by atoms with E-state index in [1.54, 1.807) is 0 Å². The van der Waals surface area contributed by atoms with Crippen LogP contribution in [0.15, 0.2) is 97.2 Å². The van der Waals surface area contributed by atoms with Gasteiger partial charge < -0.3 is 20.1 Å². The van der Waals surface area contributed by atoms with Crippen molar-refractivity contribution < 1.29 is 32.8 Å². The monoisotopic (exact) mass is 886 g/mol. The van der Waals surface area contributed by atoms with Crippen LogP contribution < -0.4 is 5.73 Å². The molecular weight excluding hydrogens is 794 g/mol. The molecule has 0 aliphatic heterocycles. The van der Waals surface area contributed by atoms with Gasteiger partial charge in [0.05, 0.1) is 19.8 Å². The molecule has 0 aliphatic carbocycles. The van der Waals surface area contributed by atoms with E-state index in [0.717, 1.165) is 103 Å². The van der Waals surface area contributed by atoms with Crippen LogP contribution in [-0.4, -0.2) is 49.9 Å². The van der Waals surface area contributed by atoms with Crippen molar-refractivity contribution in [1.82, 2.24) is 0 Å². The molecule has 8 nitrogen and oxygen atoms in total. The Bertz CT molecular complexity index is 1270. The molecule has 2 unspecified atom stereocenters. The topological polar surface area (TPSA) is 117 Å². The number of ether oxygens (including phenoxy) is 2. The van der Waals surface area contributed by atoms with Crippen LogP contribution in [0.2, 0.25) is 0 Å². The van der Waals surface area contributed by atoms with Gasteiger partial charge in [0, 0.05) is 19.6 Å². The second-order valence-electron chi connectivity index (χ2n) is 15.9. The summed E-state index contributed by atoms with van der Waals surface area (Å²) in [6, 6.07) is 0. The van der Waals surface area contributed by atoms with Crippen molar-refractivity contribution in [3.8, 4) is 0 Å².